The molecule has 0 fully saturated rings. The first-order chi connectivity index (χ1) is 12.7. The number of benzene rings is 2. The van der Waals surface area contributed by atoms with Gasteiger partial charge in [0.05, 0.1) is 7.11 Å². The molecule has 0 aromatic heterocycles. The van der Waals surface area contributed by atoms with Crippen molar-refractivity contribution >= 4 is 11.4 Å². The number of hydrogen-bond donors (Lipinski definition) is 0. The van der Waals surface area contributed by atoms with Gasteiger partial charge >= 0.3 is 0 Å². The normalized spacial score (nSPS) is 16.2. The van der Waals surface area contributed by atoms with Gasteiger partial charge < -0.3 is 4.74 Å². The van der Waals surface area contributed by atoms with Crippen LogP contribution in [0.5, 0.6) is 5.75 Å². The van der Waals surface area contributed by atoms with E-state index in [2.05, 4.69) is 43.3 Å². The van der Waals surface area contributed by atoms with Gasteiger partial charge in [0.15, 0.2) is 0 Å². The summed E-state index contributed by atoms with van der Waals surface area (Å²) in [5.74, 6) is 1.48. The number of methoxy groups -OCH3 is 1. The molecular weight excluding hydrogens is 320 g/mol. The number of allylic oxidation sites excluding steroid dienone is 4. The smallest absolute Gasteiger partial charge is 0.137 e. The average Bonchev–Trinajstić information content (AvgIpc) is 3.10. The third-order valence-electron chi connectivity index (χ3n) is 5.09. The van der Waals surface area contributed by atoms with Gasteiger partial charge in [-0.15, -0.1) is 0 Å². The monoisotopic (exact) mass is 346 g/mol. The Balaban J connectivity index is 1.59. The van der Waals surface area contributed by atoms with Crippen molar-refractivity contribution in [2.24, 2.45) is 5.92 Å². The third-order valence-corrected chi connectivity index (χ3v) is 5.09. The molecule has 1 aliphatic carbocycles. The Morgan fingerprint density at radius 3 is 2.46 bits per heavy atom. The molecule has 0 bridgehead atoms. The van der Waals surface area contributed by atoms with E-state index >= 15 is 0 Å². The van der Waals surface area contributed by atoms with E-state index in [1.165, 1.54) is 16.7 Å². The Hall–Kier alpha value is -2.61. The zero-order chi connectivity index (χ0) is 18.4. The maximum Gasteiger partial charge on any atom is 0.137 e. The summed E-state index contributed by atoms with van der Waals surface area (Å²) in [7, 11) is 1.65. The molecular formula is C24H26O2. The van der Waals surface area contributed by atoms with Crippen LogP contribution in [0.4, 0.5) is 0 Å². The second kappa shape index (κ2) is 8.66. The van der Waals surface area contributed by atoms with Crippen molar-refractivity contribution in [3.8, 4) is 5.75 Å². The number of hydrogen-bond acceptors (Lipinski definition) is 2. The van der Waals surface area contributed by atoms with Crippen LogP contribution in [0.3, 0.4) is 0 Å². The Kier molecular flexibility index (Phi) is 6.06. The summed E-state index contributed by atoms with van der Waals surface area (Å²) in [5, 5.41) is 0. The van der Waals surface area contributed by atoms with Gasteiger partial charge in [0, 0.05) is 24.3 Å². The van der Waals surface area contributed by atoms with E-state index in [4.69, 9.17) is 4.74 Å². The minimum Gasteiger partial charge on any atom is -0.496 e. The van der Waals surface area contributed by atoms with Crippen LogP contribution in [0.25, 0.3) is 5.57 Å². The lowest BCUT2D eigenvalue weighted by Gasteiger charge is -2.18. The van der Waals surface area contributed by atoms with Crippen LogP contribution in [0.15, 0.2) is 72.3 Å². The summed E-state index contributed by atoms with van der Waals surface area (Å²) in [5.41, 5.74) is 5.00. The number of rotatable bonds is 8. The molecule has 0 radical (unpaired) electrons. The van der Waals surface area contributed by atoms with Gasteiger partial charge in [0.1, 0.15) is 11.5 Å². The zero-order valence-corrected chi connectivity index (χ0v) is 15.6. The molecule has 1 atom stereocenters. The lowest BCUT2D eigenvalue weighted by molar-refractivity contribution is -0.118. The summed E-state index contributed by atoms with van der Waals surface area (Å²) in [6, 6.07) is 18.3. The van der Waals surface area contributed by atoms with Gasteiger partial charge in [-0.2, -0.15) is 0 Å². The quantitative estimate of drug-likeness (QED) is 0.618. The molecule has 134 valence electrons. The standard InChI is InChI=1S/C24H26O2/c1-3-22-19(14-16-23(22)18-9-5-4-6-10-18)13-15-21(25)17-20-11-7-8-12-24(20)26-2/h4-12,14,16,22H,3,13,15,17H2,1-2H3. The van der Waals surface area contributed by atoms with Crippen molar-refractivity contribution in [1.82, 2.24) is 0 Å². The highest BCUT2D eigenvalue weighted by atomic mass is 16.5. The summed E-state index contributed by atoms with van der Waals surface area (Å²) >= 11 is 0. The molecule has 2 aromatic rings. The van der Waals surface area contributed by atoms with Crippen LogP contribution in [0, 0.1) is 5.92 Å². The molecule has 0 aliphatic heterocycles. The first kappa shape index (κ1) is 18.2. The minimum atomic E-state index is 0.262. The topological polar surface area (TPSA) is 26.3 Å². The van der Waals surface area contributed by atoms with Crippen molar-refractivity contribution in [1.29, 1.82) is 0 Å². The Morgan fingerprint density at radius 2 is 1.73 bits per heavy atom. The number of carbonyl (C=O) groups is 1. The summed E-state index contributed by atoms with van der Waals surface area (Å²) < 4.78 is 5.35. The van der Waals surface area contributed by atoms with Crippen LogP contribution in [-0.4, -0.2) is 12.9 Å². The van der Waals surface area contributed by atoms with Gasteiger partial charge in [-0.05, 0) is 30.0 Å². The summed E-state index contributed by atoms with van der Waals surface area (Å²) in [6.45, 7) is 2.22. The molecule has 26 heavy (non-hydrogen) atoms. The largest absolute Gasteiger partial charge is 0.496 e. The van der Waals surface area contributed by atoms with Gasteiger partial charge in [-0.3, -0.25) is 4.79 Å². The predicted octanol–water partition coefficient (Wildman–Crippen LogP) is 5.64. The van der Waals surface area contributed by atoms with E-state index in [0.717, 1.165) is 24.2 Å². The van der Waals surface area contributed by atoms with E-state index in [9.17, 15) is 4.79 Å². The molecule has 0 N–H and O–H groups in total. The van der Waals surface area contributed by atoms with Crippen LogP contribution in [-0.2, 0) is 11.2 Å². The third kappa shape index (κ3) is 4.13. The summed E-state index contributed by atoms with van der Waals surface area (Å²) in [6.07, 6.45) is 7.35. The molecule has 1 aliphatic rings. The Morgan fingerprint density at radius 1 is 1.00 bits per heavy atom. The van der Waals surface area contributed by atoms with E-state index in [1.807, 2.05) is 30.3 Å². The number of ketones is 1. The zero-order valence-electron chi connectivity index (χ0n) is 15.6. The molecule has 0 amide bonds. The first-order valence-corrected chi connectivity index (χ1v) is 9.32. The fourth-order valence-corrected chi connectivity index (χ4v) is 3.73. The molecule has 2 heteroatoms. The molecule has 0 heterocycles. The van der Waals surface area contributed by atoms with Crippen LogP contribution < -0.4 is 4.74 Å². The molecule has 2 aromatic carbocycles. The van der Waals surface area contributed by atoms with Gasteiger partial charge in [-0.1, -0.05) is 73.2 Å². The van der Waals surface area contributed by atoms with E-state index in [0.29, 0.717) is 18.8 Å². The van der Waals surface area contributed by atoms with Gasteiger partial charge in [0.2, 0.25) is 0 Å². The maximum absolute atomic E-state index is 12.5. The molecule has 0 saturated heterocycles. The maximum atomic E-state index is 12.5. The second-order valence-corrected chi connectivity index (χ2v) is 6.72. The van der Waals surface area contributed by atoms with Gasteiger partial charge in [0.25, 0.3) is 0 Å². The molecule has 3 rings (SSSR count). The number of para-hydroxylation sites is 1. The van der Waals surface area contributed by atoms with Crippen molar-refractivity contribution in [2.75, 3.05) is 7.11 Å². The van der Waals surface area contributed by atoms with Crippen LogP contribution in [0.1, 0.15) is 37.3 Å². The lowest BCUT2D eigenvalue weighted by atomic mass is 9.86. The van der Waals surface area contributed by atoms with Crippen molar-refractivity contribution < 1.29 is 9.53 Å². The fraction of sp³-hybridized carbons (Fsp3) is 0.292. The van der Waals surface area contributed by atoms with Crippen molar-refractivity contribution in [3.63, 3.8) is 0 Å². The summed E-state index contributed by atoms with van der Waals surface area (Å²) in [4.78, 5) is 12.5. The SMILES string of the molecule is CCC1C(CCC(=O)Cc2ccccc2OC)=CC=C1c1ccccc1. The molecule has 0 spiro atoms. The van der Waals surface area contributed by atoms with Gasteiger partial charge in [-0.25, -0.2) is 0 Å². The lowest BCUT2D eigenvalue weighted by Crippen LogP contribution is -2.08. The number of Topliss-reactive ketones (excluding diaryl/α,β-unsaturated/α-hetero) is 1. The Bertz CT molecular complexity index is 815. The van der Waals surface area contributed by atoms with Crippen LogP contribution >= 0.6 is 0 Å². The Labute approximate surface area is 156 Å². The second-order valence-electron chi connectivity index (χ2n) is 6.72. The average molecular weight is 346 g/mol. The highest BCUT2D eigenvalue weighted by Gasteiger charge is 2.22. The van der Waals surface area contributed by atoms with E-state index in [1.54, 1.807) is 7.11 Å². The fourth-order valence-electron chi connectivity index (χ4n) is 3.73. The minimum absolute atomic E-state index is 0.262. The van der Waals surface area contributed by atoms with Crippen molar-refractivity contribution in [3.05, 3.63) is 83.4 Å². The molecule has 1 unspecified atom stereocenters. The number of ether oxygens (including phenoxy) is 1. The van der Waals surface area contributed by atoms with E-state index < -0.39 is 0 Å². The number of carbonyl (C=O) groups excluding carboxylic acids is 1. The highest BCUT2D eigenvalue weighted by Crippen LogP contribution is 2.38. The van der Waals surface area contributed by atoms with Crippen molar-refractivity contribution in [2.45, 2.75) is 32.6 Å². The predicted molar refractivity (Wildman–Crippen MR) is 107 cm³/mol. The van der Waals surface area contributed by atoms with E-state index in [-0.39, 0.29) is 5.78 Å². The molecule has 2 nitrogen and oxygen atoms in total. The van der Waals surface area contributed by atoms with Crippen LogP contribution in [0.2, 0.25) is 0 Å². The highest BCUT2D eigenvalue weighted by molar-refractivity contribution is 5.82. The molecule has 0 saturated carbocycles. The first-order valence-electron chi connectivity index (χ1n) is 9.32.